The van der Waals surface area contributed by atoms with Crippen LogP contribution in [-0.4, -0.2) is 11.0 Å². The van der Waals surface area contributed by atoms with Crippen LogP contribution in [0.3, 0.4) is 0 Å². The molecule has 21 heavy (non-hydrogen) atoms. The number of benzene rings is 1. The first kappa shape index (κ1) is 15.1. The van der Waals surface area contributed by atoms with Gasteiger partial charge in [0.15, 0.2) is 0 Å². The number of oxazole rings is 1. The van der Waals surface area contributed by atoms with E-state index in [0.717, 1.165) is 17.0 Å². The monoisotopic (exact) mass is 288 g/mol. The van der Waals surface area contributed by atoms with Crippen molar-refractivity contribution in [1.82, 2.24) is 10.3 Å². The van der Waals surface area contributed by atoms with E-state index in [-0.39, 0.29) is 6.04 Å². The number of rotatable bonds is 5. The van der Waals surface area contributed by atoms with Crippen LogP contribution in [0.25, 0.3) is 0 Å². The van der Waals surface area contributed by atoms with Crippen LogP contribution in [0.4, 0.5) is 10.5 Å². The van der Waals surface area contributed by atoms with E-state index in [1.165, 1.54) is 0 Å². The molecule has 6 heteroatoms. The number of nitrogens with zero attached hydrogens (tertiary/aromatic N) is 1. The van der Waals surface area contributed by atoms with Crippen molar-refractivity contribution in [2.75, 3.05) is 5.32 Å². The van der Waals surface area contributed by atoms with Gasteiger partial charge >= 0.3 is 6.03 Å². The minimum Gasteiger partial charge on any atom is -0.444 e. The van der Waals surface area contributed by atoms with Gasteiger partial charge in [0, 0.05) is 11.7 Å². The number of amides is 2. The van der Waals surface area contributed by atoms with E-state index in [4.69, 9.17) is 10.2 Å². The van der Waals surface area contributed by atoms with Gasteiger partial charge in [-0.2, -0.15) is 0 Å². The van der Waals surface area contributed by atoms with Crippen LogP contribution < -0.4 is 16.4 Å². The maximum atomic E-state index is 10.8. The minimum absolute atomic E-state index is 0.139. The standard InChI is InChI=1S/C15H20N4O2/c1-9-11(3)21-14(18-9)8-17-10(2)12-4-6-13(7-5-12)19-15(16)20/h4-7,10,17H,8H2,1-3H3,(H3,16,19,20). The normalized spacial score (nSPS) is 12.1. The number of urea groups is 1. The van der Waals surface area contributed by atoms with Gasteiger partial charge in [-0.25, -0.2) is 9.78 Å². The summed E-state index contributed by atoms with van der Waals surface area (Å²) in [5, 5.41) is 5.88. The maximum absolute atomic E-state index is 10.8. The number of hydrogen-bond donors (Lipinski definition) is 3. The Hall–Kier alpha value is -2.34. The minimum atomic E-state index is -0.566. The molecule has 1 atom stereocenters. The Kier molecular flexibility index (Phi) is 4.59. The highest BCUT2D eigenvalue weighted by atomic mass is 16.4. The number of hydrogen-bond acceptors (Lipinski definition) is 4. The van der Waals surface area contributed by atoms with E-state index in [1.54, 1.807) is 0 Å². The Morgan fingerprint density at radius 3 is 2.52 bits per heavy atom. The number of anilines is 1. The maximum Gasteiger partial charge on any atom is 0.316 e. The van der Waals surface area contributed by atoms with Crippen LogP contribution in [-0.2, 0) is 6.54 Å². The molecule has 2 amide bonds. The van der Waals surface area contributed by atoms with E-state index in [1.807, 2.05) is 38.1 Å². The molecule has 0 saturated heterocycles. The SMILES string of the molecule is Cc1nc(CNC(C)c2ccc(NC(N)=O)cc2)oc1C. The highest BCUT2D eigenvalue weighted by Gasteiger charge is 2.09. The van der Waals surface area contributed by atoms with E-state index >= 15 is 0 Å². The number of nitrogens with one attached hydrogen (secondary N) is 2. The summed E-state index contributed by atoms with van der Waals surface area (Å²) in [6.45, 7) is 6.45. The van der Waals surface area contributed by atoms with Gasteiger partial charge in [0.1, 0.15) is 5.76 Å². The molecule has 0 bridgehead atoms. The summed E-state index contributed by atoms with van der Waals surface area (Å²) < 4.78 is 5.53. The van der Waals surface area contributed by atoms with E-state index in [0.29, 0.717) is 18.1 Å². The lowest BCUT2D eigenvalue weighted by molar-refractivity contribution is 0.259. The lowest BCUT2D eigenvalue weighted by Crippen LogP contribution is -2.20. The third-order valence-electron chi connectivity index (χ3n) is 3.31. The lowest BCUT2D eigenvalue weighted by Gasteiger charge is -2.13. The molecule has 0 spiro atoms. The zero-order chi connectivity index (χ0) is 15.4. The number of aryl methyl sites for hydroxylation is 2. The first-order valence-electron chi connectivity index (χ1n) is 6.78. The first-order chi connectivity index (χ1) is 9.95. The Balaban J connectivity index is 1.93. The molecule has 2 rings (SSSR count). The molecule has 0 fully saturated rings. The van der Waals surface area contributed by atoms with Gasteiger partial charge in [-0.1, -0.05) is 12.1 Å². The van der Waals surface area contributed by atoms with Crippen LogP contribution in [0.15, 0.2) is 28.7 Å². The molecule has 1 unspecified atom stereocenters. The van der Waals surface area contributed by atoms with Crippen molar-refractivity contribution in [3.8, 4) is 0 Å². The molecule has 0 saturated carbocycles. The average molecular weight is 288 g/mol. The Labute approximate surface area is 123 Å². The van der Waals surface area contributed by atoms with E-state index in [9.17, 15) is 4.79 Å². The molecular weight excluding hydrogens is 268 g/mol. The predicted molar refractivity (Wildman–Crippen MR) is 80.9 cm³/mol. The van der Waals surface area contributed by atoms with Gasteiger partial charge < -0.3 is 20.8 Å². The number of carbonyl (C=O) groups excluding carboxylic acids is 1. The van der Waals surface area contributed by atoms with Crippen molar-refractivity contribution < 1.29 is 9.21 Å². The van der Waals surface area contributed by atoms with Crippen LogP contribution in [0.1, 0.15) is 35.9 Å². The summed E-state index contributed by atoms with van der Waals surface area (Å²) in [6, 6.07) is 7.09. The van der Waals surface area contributed by atoms with E-state index in [2.05, 4.69) is 22.5 Å². The first-order valence-corrected chi connectivity index (χ1v) is 6.78. The van der Waals surface area contributed by atoms with Crippen molar-refractivity contribution in [3.05, 3.63) is 47.2 Å². The summed E-state index contributed by atoms with van der Waals surface area (Å²) >= 11 is 0. The van der Waals surface area contributed by atoms with Crippen LogP contribution >= 0.6 is 0 Å². The summed E-state index contributed by atoms with van der Waals surface area (Å²) in [5.74, 6) is 1.53. The van der Waals surface area contributed by atoms with Crippen molar-refractivity contribution in [2.24, 2.45) is 5.73 Å². The second-order valence-corrected chi connectivity index (χ2v) is 4.96. The lowest BCUT2D eigenvalue weighted by atomic mass is 10.1. The second-order valence-electron chi connectivity index (χ2n) is 4.96. The Morgan fingerprint density at radius 2 is 2.00 bits per heavy atom. The third-order valence-corrected chi connectivity index (χ3v) is 3.31. The molecule has 6 nitrogen and oxygen atoms in total. The third kappa shape index (κ3) is 4.06. The highest BCUT2D eigenvalue weighted by molar-refractivity contribution is 5.87. The zero-order valence-corrected chi connectivity index (χ0v) is 12.4. The summed E-state index contributed by atoms with van der Waals surface area (Å²) in [5.41, 5.74) is 7.77. The molecule has 0 aliphatic heterocycles. The van der Waals surface area contributed by atoms with Crippen molar-refractivity contribution in [2.45, 2.75) is 33.4 Å². The number of aromatic nitrogens is 1. The predicted octanol–water partition coefficient (Wildman–Crippen LogP) is 2.63. The number of nitrogens with two attached hydrogens (primary N) is 1. The molecule has 1 heterocycles. The van der Waals surface area contributed by atoms with Crippen molar-refractivity contribution >= 4 is 11.7 Å². The summed E-state index contributed by atoms with van der Waals surface area (Å²) in [6.07, 6.45) is 0. The number of carbonyl (C=O) groups is 1. The molecule has 0 radical (unpaired) electrons. The van der Waals surface area contributed by atoms with Gasteiger partial charge in [0.05, 0.1) is 12.2 Å². The van der Waals surface area contributed by atoms with Crippen LogP contribution in [0, 0.1) is 13.8 Å². The molecule has 1 aromatic heterocycles. The van der Waals surface area contributed by atoms with Crippen molar-refractivity contribution in [1.29, 1.82) is 0 Å². The second kappa shape index (κ2) is 6.41. The largest absolute Gasteiger partial charge is 0.444 e. The van der Waals surface area contributed by atoms with Gasteiger partial charge in [0.2, 0.25) is 5.89 Å². The topological polar surface area (TPSA) is 93.2 Å². The average Bonchev–Trinajstić information content (AvgIpc) is 2.75. The molecule has 4 N–H and O–H groups in total. The number of primary amides is 1. The summed E-state index contributed by atoms with van der Waals surface area (Å²) in [4.78, 5) is 15.1. The fourth-order valence-electron chi connectivity index (χ4n) is 1.97. The fraction of sp³-hybridized carbons (Fsp3) is 0.333. The fourth-order valence-corrected chi connectivity index (χ4v) is 1.97. The highest BCUT2D eigenvalue weighted by Crippen LogP contribution is 2.17. The smallest absolute Gasteiger partial charge is 0.316 e. The molecule has 1 aromatic carbocycles. The molecule has 2 aromatic rings. The van der Waals surface area contributed by atoms with Crippen molar-refractivity contribution in [3.63, 3.8) is 0 Å². The van der Waals surface area contributed by atoms with E-state index < -0.39 is 6.03 Å². The van der Waals surface area contributed by atoms with Gasteiger partial charge in [-0.05, 0) is 38.5 Å². The molecule has 0 aliphatic rings. The quantitative estimate of drug-likeness (QED) is 0.788. The van der Waals surface area contributed by atoms with Gasteiger partial charge in [-0.15, -0.1) is 0 Å². The Bertz CT molecular complexity index is 600. The zero-order valence-electron chi connectivity index (χ0n) is 12.4. The Morgan fingerprint density at radius 1 is 1.33 bits per heavy atom. The van der Waals surface area contributed by atoms with Gasteiger partial charge in [0.25, 0.3) is 0 Å². The molecule has 0 aliphatic carbocycles. The molecule has 112 valence electrons. The van der Waals surface area contributed by atoms with Gasteiger partial charge in [-0.3, -0.25) is 0 Å². The molecular formula is C15H20N4O2. The summed E-state index contributed by atoms with van der Waals surface area (Å²) in [7, 11) is 0. The van der Waals surface area contributed by atoms with Crippen LogP contribution in [0.2, 0.25) is 0 Å². The van der Waals surface area contributed by atoms with Crippen LogP contribution in [0.5, 0.6) is 0 Å².